The SMILES string of the molecule is Cc1ncn(-c2cc(Br)ccc2CCN)c1C. The van der Waals surface area contributed by atoms with Gasteiger partial charge in [0.1, 0.15) is 0 Å². The maximum Gasteiger partial charge on any atom is 0.0997 e. The zero-order chi connectivity index (χ0) is 12.4. The van der Waals surface area contributed by atoms with Gasteiger partial charge >= 0.3 is 0 Å². The van der Waals surface area contributed by atoms with Crippen LogP contribution in [0.15, 0.2) is 29.0 Å². The zero-order valence-electron chi connectivity index (χ0n) is 10.1. The molecule has 2 rings (SSSR count). The van der Waals surface area contributed by atoms with Crippen LogP contribution in [0, 0.1) is 13.8 Å². The number of rotatable bonds is 3. The Balaban J connectivity index is 2.56. The molecule has 0 aliphatic heterocycles. The Kier molecular flexibility index (Phi) is 3.64. The van der Waals surface area contributed by atoms with Crippen molar-refractivity contribution in [1.29, 1.82) is 0 Å². The molecule has 3 nitrogen and oxygen atoms in total. The molecule has 0 saturated carbocycles. The number of halogens is 1. The first-order valence-corrected chi connectivity index (χ1v) is 6.42. The number of hydrogen-bond acceptors (Lipinski definition) is 2. The van der Waals surface area contributed by atoms with E-state index in [2.05, 4.69) is 44.5 Å². The van der Waals surface area contributed by atoms with Crippen molar-refractivity contribution in [3.63, 3.8) is 0 Å². The quantitative estimate of drug-likeness (QED) is 0.946. The number of aryl methyl sites for hydroxylation is 1. The van der Waals surface area contributed by atoms with Gasteiger partial charge in [-0.1, -0.05) is 22.0 Å². The summed E-state index contributed by atoms with van der Waals surface area (Å²) in [6.45, 7) is 4.75. The molecule has 0 fully saturated rings. The summed E-state index contributed by atoms with van der Waals surface area (Å²) in [6.07, 6.45) is 2.74. The Morgan fingerprint density at radius 3 is 2.71 bits per heavy atom. The second-order valence-electron chi connectivity index (χ2n) is 4.10. The van der Waals surface area contributed by atoms with Gasteiger partial charge in [0.15, 0.2) is 0 Å². The van der Waals surface area contributed by atoms with Gasteiger partial charge in [-0.2, -0.15) is 0 Å². The maximum absolute atomic E-state index is 5.65. The highest BCUT2D eigenvalue weighted by atomic mass is 79.9. The molecule has 0 amide bonds. The largest absolute Gasteiger partial charge is 0.330 e. The van der Waals surface area contributed by atoms with Crippen molar-refractivity contribution in [2.45, 2.75) is 20.3 Å². The highest BCUT2D eigenvalue weighted by molar-refractivity contribution is 9.10. The summed E-state index contributed by atoms with van der Waals surface area (Å²) in [5, 5.41) is 0. The van der Waals surface area contributed by atoms with Crippen LogP contribution in [-0.4, -0.2) is 16.1 Å². The van der Waals surface area contributed by atoms with Crippen molar-refractivity contribution in [2.24, 2.45) is 5.73 Å². The molecule has 1 heterocycles. The van der Waals surface area contributed by atoms with E-state index in [4.69, 9.17) is 5.73 Å². The molecule has 1 aromatic carbocycles. The standard InChI is InChI=1S/C13H16BrN3/c1-9-10(2)17(8-16-9)13-7-12(14)4-3-11(13)5-6-15/h3-4,7-8H,5-6,15H2,1-2H3. The van der Waals surface area contributed by atoms with E-state index in [1.165, 1.54) is 11.3 Å². The number of benzene rings is 1. The Morgan fingerprint density at radius 1 is 1.35 bits per heavy atom. The maximum atomic E-state index is 5.65. The van der Waals surface area contributed by atoms with E-state index in [1.807, 2.05) is 19.3 Å². The predicted octanol–water partition coefficient (Wildman–Crippen LogP) is 2.75. The Bertz CT molecular complexity index is 531. The topological polar surface area (TPSA) is 43.8 Å². The average Bonchev–Trinajstić information content (AvgIpc) is 2.63. The second-order valence-corrected chi connectivity index (χ2v) is 5.01. The molecule has 0 bridgehead atoms. The van der Waals surface area contributed by atoms with Crippen molar-refractivity contribution >= 4 is 15.9 Å². The molecule has 0 aliphatic rings. The van der Waals surface area contributed by atoms with Crippen molar-refractivity contribution in [3.05, 3.63) is 46.0 Å². The fourth-order valence-corrected chi connectivity index (χ4v) is 2.22. The van der Waals surface area contributed by atoms with Crippen LogP contribution in [0.1, 0.15) is 17.0 Å². The van der Waals surface area contributed by atoms with E-state index in [-0.39, 0.29) is 0 Å². The molecule has 1 aromatic heterocycles. The molecule has 0 spiro atoms. The molecule has 0 radical (unpaired) electrons. The number of imidazole rings is 1. The lowest BCUT2D eigenvalue weighted by atomic mass is 10.1. The van der Waals surface area contributed by atoms with Gasteiger partial charge in [-0.15, -0.1) is 0 Å². The molecular formula is C13H16BrN3. The second kappa shape index (κ2) is 5.02. The number of nitrogens with zero attached hydrogens (tertiary/aromatic N) is 2. The third-order valence-electron chi connectivity index (χ3n) is 2.97. The van der Waals surface area contributed by atoms with E-state index in [0.29, 0.717) is 6.54 Å². The summed E-state index contributed by atoms with van der Waals surface area (Å²) in [5.41, 5.74) is 10.3. The number of hydrogen-bond donors (Lipinski definition) is 1. The van der Waals surface area contributed by atoms with Crippen molar-refractivity contribution in [2.75, 3.05) is 6.54 Å². The molecule has 0 aliphatic carbocycles. The van der Waals surface area contributed by atoms with E-state index in [9.17, 15) is 0 Å². The van der Waals surface area contributed by atoms with Gasteiger partial charge in [-0.25, -0.2) is 4.98 Å². The van der Waals surface area contributed by atoms with Gasteiger partial charge in [-0.05, 0) is 44.5 Å². The van der Waals surface area contributed by atoms with E-state index >= 15 is 0 Å². The molecule has 90 valence electrons. The fraction of sp³-hybridized carbons (Fsp3) is 0.308. The summed E-state index contributed by atoms with van der Waals surface area (Å²) in [6, 6.07) is 6.27. The fourth-order valence-electron chi connectivity index (χ4n) is 1.87. The van der Waals surface area contributed by atoms with Gasteiger partial charge in [-0.3, -0.25) is 0 Å². The van der Waals surface area contributed by atoms with Crippen LogP contribution in [0.4, 0.5) is 0 Å². The Morgan fingerprint density at radius 2 is 2.12 bits per heavy atom. The first kappa shape index (κ1) is 12.3. The minimum atomic E-state index is 0.654. The summed E-state index contributed by atoms with van der Waals surface area (Å²) >= 11 is 3.51. The van der Waals surface area contributed by atoms with Crippen LogP contribution >= 0.6 is 15.9 Å². The molecule has 2 N–H and O–H groups in total. The summed E-state index contributed by atoms with van der Waals surface area (Å²) in [4.78, 5) is 4.34. The molecular weight excluding hydrogens is 278 g/mol. The Labute approximate surface area is 110 Å². The lowest BCUT2D eigenvalue weighted by molar-refractivity contribution is 0.919. The van der Waals surface area contributed by atoms with Crippen molar-refractivity contribution in [1.82, 2.24) is 9.55 Å². The lowest BCUT2D eigenvalue weighted by Gasteiger charge is -2.12. The summed E-state index contributed by atoms with van der Waals surface area (Å²) < 4.78 is 3.18. The van der Waals surface area contributed by atoms with Gasteiger partial charge in [0, 0.05) is 10.2 Å². The van der Waals surface area contributed by atoms with Crippen LogP contribution in [0.25, 0.3) is 5.69 Å². The zero-order valence-corrected chi connectivity index (χ0v) is 11.7. The van der Waals surface area contributed by atoms with Crippen molar-refractivity contribution in [3.8, 4) is 5.69 Å². The monoisotopic (exact) mass is 293 g/mol. The molecule has 0 saturated heterocycles. The molecule has 0 unspecified atom stereocenters. The number of aromatic nitrogens is 2. The van der Waals surface area contributed by atoms with Crippen molar-refractivity contribution < 1.29 is 0 Å². The van der Waals surface area contributed by atoms with Gasteiger partial charge < -0.3 is 10.3 Å². The smallest absolute Gasteiger partial charge is 0.0997 e. The lowest BCUT2D eigenvalue weighted by Crippen LogP contribution is -2.07. The molecule has 17 heavy (non-hydrogen) atoms. The van der Waals surface area contributed by atoms with E-state index in [1.54, 1.807) is 0 Å². The Hall–Kier alpha value is -1.13. The predicted molar refractivity (Wildman–Crippen MR) is 73.5 cm³/mol. The summed E-state index contributed by atoms with van der Waals surface area (Å²) in [5.74, 6) is 0. The first-order valence-electron chi connectivity index (χ1n) is 5.63. The highest BCUT2D eigenvalue weighted by Crippen LogP contribution is 2.23. The third-order valence-corrected chi connectivity index (χ3v) is 3.47. The number of nitrogens with two attached hydrogens (primary N) is 1. The highest BCUT2D eigenvalue weighted by Gasteiger charge is 2.09. The minimum Gasteiger partial charge on any atom is -0.330 e. The van der Waals surface area contributed by atoms with E-state index < -0.39 is 0 Å². The molecule has 4 heteroatoms. The van der Waals surface area contributed by atoms with Gasteiger partial charge in [0.05, 0.1) is 17.7 Å². The van der Waals surface area contributed by atoms with Gasteiger partial charge in [0.2, 0.25) is 0 Å². The third kappa shape index (κ3) is 2.42. The van der Waals surface area contributed by atoms with Crippen LogP contribution in [-0.2, 0) is 6.42 Å². The first-order chi connectivity index (χ1) is 8.13. The molecule has 0 atom stereocenters. The van der Waals surface area contributed by atoms with Crippen LogP contribution in [0.5, 0.6) is 0 Å². The van der Waals surface area contributed by atoms with Crippen LogP contribution in [0.3, 0.4) is 0 Å². The van der Waals surface area contributed by atoms with E-state index in [0.717, 1.165) is 22.3 Å². The van der Waals surface area contributed by atoms with Crippen LogP contribution < -0.4 is 5.73 Å². The van der Waals surface area contributed by atoms with Crippen LogP contribution in [0.2, 0.25) is 0 Å². The normalized spacial score (nSPS) is 10.8. The molecule has 2 aromatic rings. The summed E-state index contributed by atoms with van der Waals surface area (Å²) in [7, 11) is 0. The van der Waals surface area contributed by atoms with Gasteiger partial charge in [0.25, 0.3) is 0 Å². The average molecular weight is 294 g/mol. The minimum absolute atomic E-state index is 0.654.